The van der Waals surface area contributed by atoms with Gasteiger partial charge in [-0.3, -0.25) is 14.4 Å². The lowest BCUT2D eigenvalue weighted by atomic mass is 10.1. The summed E-state index contributed by atoms with van der Waals surface area (Å²) in [6.45, 7) is 6.46. The molecule has 6 nitrogen and oxygen atoms in total. The maximum atomic E-state index is 12.8. The van der Waals surface area contributed by atoms with Crippen LogP contribution < -0.4 is 0 Å². The van der Waals surface area contributed by atoms with Crippen LogP contribution in [0.4, 0.5) is 0 Å². The van der Waals surface area contributed by atoms with Gasteiger partial charge in [-0.15, -0.1) is 0 Å². The molecule has 0 aromatic carbocycles. The summed E-state index contributed by atoms with van der Waals surface area (Å²) in [5.41, 5.74) is 0. The van der Waals surface area contributed by atoms with Crippen LogP contribution in [0.25, 0.3) is 0 Å². The second-order valence-corrected chi connectivity index (χ2v) is 18.8. The van der Waals surface area contributed by atoms with Crippen LogP contribution in [-0.4, -0.2) is 37.2 Å². The molecule has 402 valence electrons. The van der Waals surface area contributed by atoms with Crippen molar-refractivity contribution in [2.24, 2.45) is 0 Å². The Bertz CT molecular complexity index is 1500. The van der Waals surface area contributed by atoms with Crippen LogP contribution in [0.3, 0.4) is 0 Å². The second-order valence-electron chi connectivity index (χ2n) is 18.8. The summed E-state index contributed by atoms with van der Waals surface area (Å²) >= 11 is 0. The molecule has 0 aromatic heterocycles. The first-order chi connectivity index (χ1) is 35.0. The van der Waals surface area contributed by atoms with Gasteiger partial charge in [-0.1, -0.05) is 232 Å². The molecule has 0 aliphatic carbocycles. The Morgan fingerprint density at radius 3 is 0.958 bits per heavy atom. The molecule has 6 heteroatoms. The molecule has 0 N–H and O–H groups in total. The van der Waals surface area contributed by atoms with Crippen molar-refractivity contribution >= 4 is 17.9 Å². The summed E-state index contributed by atoms with van der Waals surface area (Å²) in [7, 11) is 0. The molecule has 0 saturated heterocycles. The molecule has 0 aromatic rings. The van der Waals surface area contributed by atoms with E-state index in [1.54, 1.807) is 0 Å². The van der Waals surface area contributed by atoms with Crippen LogP contribution in [0.2, 0.25) is 0 Å². The predicted octanol–water partition coefficient (Wildman–Crippen LogP) is 19.6. The lowest BCUT2D eigenvalue weighted by Crippen LogP contribution is -2.30. The molecular formula is C65H106O6. The van der Waals surface area contributed by atoms with Gasteiger partial charge in [0.1, 0.15) is 13.2 Å². The highest BCUT2D eigenvalue weighted by molar-refractivity contribution is 5.71. The third-order valence-electron chi connectivity index (χ3n) is 11.9. The van der Waals surface area contributed by atoms with Gasteiger partial charge in [0.25, 0.3) is 0 Å². The standard InChI is InChI=1S/C65H106O6/c1-4-7-10-13-16-19-22-25-28-31-32-35-37-40-43-46-49-52-55-58-64(67)70-61-62(71-65(68)59-56-53-50-47-44-41-38-34-30-27-24-21-18-15-12-9-6-3)60-69-63(66)57-54-51-48-45-42-39-36-33-29-26-23-20-17-14-11-8-5-2/h16,18-19,21,25-30,32,35,38,40-41,43,47,49-50,52,62H,4-15,17,20,22-24,31,33-34,36-37,39,42,44-46,48,51,53-61H2,1-3H3/b19-16-,21-18-,28-25-,29-26-,30-27-,35-32-,41-38-,43-40-,50-47-,52-49-/t62-/m0/s1. The maximum Gasteiger partial charge on any atom is 0.306 e. The summed E-state index contributed by atoms with van der Waals surface area (Å²) < 4.78 is 16.7. The average molecular weight is 984 g/mol. The number of hydrogen-bond acceptors (Lipinski definition) is 6. The summed E-state index contributed by atoms with van der Waals surface area (Å²) in [4.78, 5) is 38.1. The Labute approximate surface area is 437 Å². The van der Waals surface area contributed by atoms with Gasteiger partial charge < -0.3 is 14.2 Å². The Balaban J connectivity index is 4.60. The molecule has 0 amide bonds. The van der Waals surface area contributed by atoms with E-state index in [1.807, 2.05) is 6.08 Å². The number of unbranched alkanes of at least 4 members (excludes halogenated alkanes) is 20. The van der Waals surface area contributed by atoms with E-state index in [1.165, 1.54) is 128 Å². The fourth-order valence-corrected chi connectivity index (χ4v) is 7.53. The molecule has 0 fully saturated rings. The smallest absolute Gasteiger partial charge is 0.306 e. The van der Waals surface area contributed by atoms with Crippen molar-refractivity contribution in [1.82, 2.24) is 0 Å². The number of carbonyl (C=O) groups is 3. The summed E-state index contributed by atoms with van der Waals surface area (Å²) in [6, 6.07) is 0. The van der Waals surface area contributed by atoms with E-state index in [9.17, 15) is 14.4 Å². The highest BCUT2D eigenvalue weighted by atomic mass is 16.6. The van der Waals surface area contributed by atoms with E-state index in [2.05, 4.69) is 136 Å². The average Bonchev–Trinajstić information content (AvgIpc) is 3.37. The molecule has 0 radical (unpaired) electrons. The Kier molecular flexibility index (Phi) is 54.9. The molecule has 0 spiro atoms. The lowest BCUT2D eigenvalue weighted by Gasteiger charge is -2.18. The maximum absolute atomic E-state index is 12.8. The quantitative estimate of drug-likeness (QED) is 0.0261. The minimum atomic E-state index is -0.842. The van der Waals surface area contributed by atoms with Crippen LogP contribution in [0, 0.1) is 0 Å². The number of ether oxygens (including phenoxy) is 3. The van der Waals surface area contributed by atoms with Crippen LogP contribution in [0.5, 0.6) is 0 Å². The van der Waals surface area contributed by atoms with E-state index in [4.69, 9.17) is 14.2 Å². The third-order valence-corrected chi connectivity index (χ3v) is 11.9. The summed E-state index contributed by atoms with van der Waals surface area (Å²) in [6.07, 6.45) is 80.6. The van der Waals surface area contributed by atoms with Gasteiger partial charge in [0, 0.05) is 19.3 Å². The first kappa shape index (κ1) is 66.8. The molecule has 1 atom stereocenters. The van der Waals surface area contributed by atoms with Crippen LogP contribution >= 0.6 is 0 Å². The molecule has 71 heavy (non-hydrogen) atoms. The number of carbonyl (C=O) groups excluding carboxylic acids is 3. The largest absolute Gasteiger partial charge is 0.462 e. The Morgan fingerprint density at radius 2 is 0.549 bits per heavy atom. The summed E-state index contributed by atoms with van der Waals surface area (Å²) in [5.74, 6) is -1.08. The van der Waals surface area contributed by atoms with Gasteiger partial charge in [-0.25, -0.2) is 0 Å². The normalized spacial score (nSPS) is 13.0. The van der Waals surface area contributed by atoms with E-state index < -0.39 is 6.10 Å². The third kappa shape index (κ3) is 56.6. The molecule has 0 heterocycles. The monoisotopic (exact) mass is 983 g/mol. The molecule has 0 saturated carbocycles. The summed E-state index contributed by atoms with van der Waals surface area (Å²) in [5, 5.41) is 0. The van der Waals surface area contributed by atoms with Crippen LogP contribution in [0.15, 0.2) is 122 Å². The van der Waals surface area contributed by atoms with Gasteiger partial charge in [0.15, 0.2) is 6.10 Å². The molecule has 0 unspecified atom stereocenters. The topological polar surface area (TPSA) is 78.9 Å². The van der Waals surface area contributed by atoms with Gasteiger partial charge in [-0.2, -0.15) is 0 Å². The first-order valence-corrected chi connectivity index (χ1v) is 29.0. The lowest BCUT2D eigenvalue weighted by molar-refractivity contribution is -0.166. The molecule has 0 aliphatic rings. The first-order valence-electron chi connectivity index (χ1n) is 29.0. The fourth-order valence-electron chi connectivity index (χ4n) is 7.53. The zero-order valence-electron chi connectivity index (χ0n) is 45.9. The minimum Gasteiger partial charge on any atom is -0.462 e. The zero-order valence-corrected chi connectivity index (χ0v) is 45.9. The van der Waals surface area contributed by atoms with Crippen LogP contribution in [0.1, 0.15) is 252 Å². The van der Waals surface area contributed by atoms with Gasteiger partial charge in [0.05, 0.1) is 0 Å². The fraction of sp³-hybridized carbons (Fsp3) is 0.646. The number of rotatable bonds is 51. The number of hydrogen-bond donors (Lipinski definition) is 0. The van der Waals surface area contributed by atoms with Crippen LogP contribution in [-0.2, 0) is 28.6 Å². The Hall–Kier alpha value is -4.19. The van der Waals surface area contributed by atoms with Crippen molar-refractivity contribution in [3.05, 3.63) is 122 Å². The molecule has 0 rings (SSSR count). The van der Waals surface area contributed by atoms with Crippen molar-refractivity contribution in [2.75, 3.05) is 13.2 Å². The zero-order chi connectivity index (χ0) is 51.4. The van der Waals surface area contributed by atoms with Crippen molar-refractivity contribution in [3.8, 4) is 0 Å². The van der Waals surface area contributed by atoms with E-state index >= 15 is 0 Å². The molecule has 0 bridgehead atoms. The highest BCUT2D eigenvalue weighted by Gasteiger charge is 2.19. The van der Waals surface area contributed by atoms with E-state index in [0.717, 1.165) is 70.6 Å². The second kappa shape index (κ2) is 58.4. The van der Waals surface area contributed by atoms with Crippen molar-refractivity contribution in [2.45, 2.75) is 258 Å². The molecular weight excluding hydrogens is 877 g/mol. The minimum absolute atomic E-state index is 0.128. The van der Waals surface area contributed by atoms with Gasteiger partial charge in [0.2, 0.25) is 0 Å². The SMILES string of the molecule is CCCCC/C=C\C/C=C\C/C=C\C/C=C\C/C=C\CCC(=O)OC[C@H](COC(=O)CCCCCCCCC/C=C\CCCCCCCC)OC(=O)CCC/C=C\C/C=C\C/C=C\C/C=C\CCCCC. The van der Waals surface area contributed by atoms with Crippen molar-refractivity contribution < 1.29 is 28.6 Å². The van der Waals surface area contributed by atoms with E-state index in [0.29, 0.717) is 19.3 Å². The number of allylic oxidation sites excluding steroid dienone is 20. The predicted molar refractivity (Wildman–Crippen MR) is 306 cm³/mol. The number of esters is 3. The van der Waals surface area contributed by atoms with Crippen molar-refractivity contribution in [1.29, 1.82) is 0 Å². The Morgan fingerprint density at radius 1 is 0.282 bits per heavy atom. The highest BCUT2D eigenvalue weighted by Crippen LogP contribution is 2.13. The van der Waals surface area contributed by atoms with E-state index in [-0.39, 0.29) is 44.0 Å². The van der Waals surface area contributed by atoms with Crippen molar-refractivity contribution in [3.63, 3.8) is 0 Å². The molecule has 0 aliphatic heterocycles. The van der Waals surface area contributed by atoms with Gasteiger partial charge >= 0.3 is 17.9 Å². The van der Waals surface area contributed by atoms with Gasteiger partial charge in [-0.05, 0) is 122 Å².